The zero-order valence-corrected chi connectivity index (χ0v) is 21.5. The minimum Gasteiger partial charge on any atom is -0.858 e. The molecular weight excluding hydrogens is 530 g/mol. The van der Waals surface area contributed by atoms with Crippen LogP contribution in [-0.2, 0) is 16.5 Å². The molecule has 0 amide bonds. The molecule has 2 aromatic carbocycles. The van der Waals surface area contributed by atoms with E-state index in [2.05, 4.69) is 20.4 Å². The summed E-state index contributed by atoms with van der Waals surface area (Å²) in [6.07, 6.45) is 2.87. The molecule has 0 aliphatic carbocycles. The van der Waals surface area contributed by atoms with E-state index in [0.29, 0.717) is 21.5 Å². The van der Waals surface area contributed by atoms with Gasteiger partial charge in [0.1, 0.15) is 24.7 Å². The summed E-state index contributed by atoms with van der Waals surface area (Å²) in [7, 11) is 0. The molecule has 0 aliphatic heterocycles. The molecule has 0 heterocycles. The van der Waals surface area contributed by atoms with E-state index in [1.165, 1.54) is 12.4 Å². The quantitative estimate of drug-likeness (QED) is 0.213. The van der Waals surface area contributed by atoms with Crippen LogP contribution in [0.1, 0.15) is 25.0 Å². The number of rotatable bonds is 8. The first-order valence-electron chi connectivity index (χ1n) is 9.47. The van der Waals surface area contributed by atoms with Gasteiger partial charge in [-0.2, -0.15) is 20.4 Å². The predicted octanol–water partition coefficient (Wildman–Crippen LogP) is 2.76. The van der Waals surface area contributed by atoms with Crippen LogP contribution in [0.4, 0.5) is 0 Å². The molecule has 2 rings (SSSR count). The molecule has 34 heavy (non-hydrogen) atoms. The van der Waals surface area contributed by atoms with Crippen molar-refractivity contribution in [3.05, 3.63) is 57.6 Å². The number of halogens is 2. The number of aryl methyl sites for hydroxylation is 2. The van der Waals surface area contributed by atoms with Gasteiger partial charge in [0.25, 0.3) is 0 Å². The van der Waals surface area contributed by atoms with Gasteiger partial charge in [-0.15, -0.1) is 0 Å². The van der Waals surface area contributed by atoms with E-state index in [4.69, 9.17) is 32.7 Å². The van der Waals surface area contributed by atoms with Gasteiger partial charge in [0.15, 0.2) is 0 Å². The molecule has 0 fully saturated rings. The van der Waals surface area contributed by atoms with Crippen molar-refractivity contribution in [2.45, 2.75) is 27.7 Å². The maximum absolute atomic E-state index is 11.1. The fraction of sp³-hybridized carbons (Fsp3) is 0.273. The van der Waals surface area contributed by atoms with E-state index in [-0.39, 0.29) is 35.2 Å². The molecule has 2 aromatic rings. The second-order valence-corrected chi connectivity index (χ2v) is 7.00. The number of hydrogen-bond acceptors (Lipinski definition) is 8. The Bertz CT molecular complexity index is 922. The average molecular weight is 556 g/mol. The van der Waals surface area contributed by atoms with E-state index < -0.39 is 11.8 Å². The zero-order chi connectivity index (χ0) is 23.9. The van der Waals surface area contributed by atoms with Crippen molar-refractivity contribution in [1.29, 1.82) is 0 Å². The summed E-state index contributed by atoms with van der Waals surface area (Å²) in [5, 5.41) is 37.2. The molecule has 188 valence electrons. The van der Waals surface area contributed by atoms with Gasteiger partial charge in [-0.05, 0) is 75.2 Å². The molecule has 12 heteroatoms. The van der Waals surface area contributed by atoms with Crippen molar-refractivity contribution in [1.82, 2.24) is 0 Å². The second kappa shape index (κ2) is 18.7. The Morgan fingerprint density at radius 3 is 1.44 bits per heavy atom. The summed E-state index contributed by atoms with van der Waals surface area (Å²) >= 11 is 11.6. The van der Waals surface area contributed by atoms with E-state index in [9.17, 15) is 10.2 Å². The van der Waals surface area contributed by atoms with Crippen molar-refractivity contribution in [3.8, 4) is 11.5 Å². The van der Waals surface area contributed by atoms with Crippen molar-refractivity contribution >= 4 is 47.4 Å². The van der Waals surface area contributed by atoms with Crippen molar-refractivity contribution in [2.75, 3.05) is 13.2 Å². The molecule has 0 saturated carbocycles. The number of nitrogens with zero attached hydrogens (tertiary/aromatic N) is 4. The Kier molecular flexibility index (Phi) is 18.5. The molecule has 0 bridgehead atoms. The number of ether oxygens (including phenoxy) is 2. The summed E-state index contributed by atoms with van der Waals surface area (Å²) in [6, 6.07) is 10.4. The van der Waals surface area contributed by atoms with Gasteiger partial charge in [0, 0.05) is 34.3 Å². The zero-order valence-electron chi connectivity index (χ0n) is 19.0. The molecule has 0 atom stereocenters. The van der Waals surface area contributed by atoms with Gasteiger partial charge in [0.2, 0.25) is 0 Å². The maximum Gasteiger partial charge on any atom is 2.00 e. The second-order valence-electron chi connectivity index (χ2n) is 6.13. The van der Waals surface area contributed by atoms with Crippen LogP contribution in [0.2, 0.25) is 10.0 Å². The van der Waals surface area contributed by atoms with Gasteiger partial charge in [0.05, 0.1) is 0 Å². The fourth-order valence-electron chi connectivity index (χ4n) is 2.13. The third-order valence-corrected chi connectivity index (χ3v) is 4.02. The van der Waals surface area contributed by atoms with Crippen LogP contribution < -0.4 is 19.7 Å². The first-order chi connectivity index (χ1) is 15.3. The SMILES string of the molecule is C/C=N/N=C(\[O-])COc1ccc(Cl)cc1C.C/C=N/N=C(\[O-])COc1ccc(Cl)cc1C.O.[Ni+2]. The molecule has 0 aliphatic rings. The monoisotopic (exact) mass is 554 g/mol. The summed E-state index contributed by atoms with van der Waals surface area (Å²) in [4.78, 5) is 0. The van der Waals surface area contributed by atoms with E-state index >= 15 is 0 Å². The molecule has 0 saturated heterocycles. The van der Waals surface area contributed by atoms with Gasteiger partial charge < -0.3 is 25.2 Å². The summed E-state index contributed by atoms with van der Waals surface area (Å²) in [6.45, 7) is 6.82. The van der Waals surface area contributed by atoms with Gasteiger partial charge >= 0.3 is 16.5 Å². The van der Waals surface area contributed by atoms with Crippen molar-refractivity contribution in [2.24, 2.45) is 20.4 Å². The summed E-state index contributed by atoms with van der Waals surface area (Å²) in [5.41, 5.74) is 1.75. The van der Waals surface area contributed by atoms with Gasteiger partial charge in [-0.25, -0.2) is 0 Å². The standard InChI is InChI=1S/2C11H13ClN2O2.Ni.H2O/c2*1-3-13-14-11(15)7-16-10-5-4-9(12)6-8(10)2;;/h2*3-6H,7H2,1-2H3,(H,14,15);;1H2/q;;+2;/p-2/b2*13-3+;;. The maximum atomic E-state index is 11.1. The normalized spacial score (nSPS) is 11.4. The van der Waals surface area contributed by atoms with Crippen LogP contribution in [0.3, 0.4) is 0 Å². The Hall–Kier alpha value is -2.65. The van der Waals surface area contributed by atoms with Crippen LogP contribution in [0.5, 0.6) is 11.5 Å². The van der Waals surface area contributed by atoms with Crippen molar-refractivity contribution < 1.29 is 41.7 Å². The van der Waals surface area contributed by atoms with Crippen LogP contribution in [-0.4, -0.2) is 42.9 Å². The topological polar surface area (TPSA) is 146 Å². The third kappa shape index (κ3) is 13.8. The summed E-state index contributed by atoms with van der Waals surface area (Å²) in [5.74, 6) is 0.391. The van der Waals surface area contributed by atoms with Crippen LogP contribution in [0, 0.1) is 13.8 Å². The van der Waals surface area contributed by atoms with Crippen LogP contribution >= 0.6 is 23.2 Å². The molecule has 0 spiro atoms. The molecule has 0 radical (unpaired) electrons. The van der Waals surface area contributed by atoms with Gasteiger partial charge in [-0.3, -0.25) is 0 Å². The molecule has 2 N–H and O–H groups in total. The molecular formula is C22H26Cl2N4NiO5. The Morgan fingerprint density at radius 2 is 1.15 bits per heavy atom. The molecule has 0 aromatic heterocycles. The van der Waals surface area contributed by atoms with E-state index in [1.807, 2.05) is 13.8 Å². The Labute approximate surface area is 219 Å². The molecule has 9 nitrogen and oxygen atoms in total. The first kappa shape index (κ1) is 33.5. The molecule has 0 unspecified atom stereocenters. The minimum atomic E-state index is -0.424. The third-order valence-electron chi connectivity index (χ3n) is 3.55. The minimum absolute atomic E-state index is 0. The number of hydrogen-bond donors (Lipinski definition) is 0. The van der Waals surface area contributed by atoms with Crippen LogP contribution in [0.25, 0.3) is 0 Å². The van der Waals surface area contributed by atoms with E-state index in [0.717, 1.165) is 11.1 Å². The van der Waals surface area contributed by atoms with Gasteiger partial charge in [-0.1, -0.05) is 23.2 Å². The van der Waals surface area contributed by atoms with E-state index in [1.54, 1.807) is 50.2 Å². The van der Waals surface area contributed by atoms with Crippen LogP contribution in [0.15, 0.2) is 56.8 Å². The predicted molar refractivity (Wildman–Crippen MR) is 130 cm³/mol. The largest absolute Gasteiger partial charge is 2.00 e. The summed E-state index contributed by atoms with van der Waals surface area (Å²) < 4.78 is 10.5. The Morgan fingerprint density at radius 1 is 0.794 bits per heavy atom. The Balaban J connectivity index is 0. The smallest absolute Gasteiger partial charge is 0.858 e. The first-order valence-corrected chi connectivity index (χ1v) is 10.2. The number of benzene rings is 2. The fourth-order valence-corrected chi connectivity index (χ4v) is 2.58. The average Bonchev–Trinajstić information content (AvgIpc) is 2.75. The van der Waals surface area contributed by atoms with Crippen molar-refractivity contribution in [3.63, 3.8) is 0 Å².